The van der Waals surface area contributed by atoms with Gasteiger partial charge in [-0.1, -0.05) is 18.5 Å². The highest BCUT2D eigenvalue weighted by Gasteiger charge is 2.13. The fraction of sp³-hybridized carbons (Fsp3) is 0.167. The Bertz CT molecular complexity index is 619. The molecule has 0 spiro atoms. The Morgan fingerprint density at radius 2 is 1.79 bits per heavy atom. The minimum Gasteiger partial charge on any atom is -0.337 e. The summed E-state index contributed by atoms with van der Waals surface area (Å²) in [6.45, 7) is 1.82. The Morgan fingerprint density at radius 1 is 1.11 bits per heavy atom. The molecule has 1 aromatic heterocycles. The highest BCUT2D eigenvalue weighted by Crippen LogP contribution is 2.26. The van der Waals surface area contributed by atoms with Crippen LogP contribution in [0.25, 0.3) is 0 Å². The van der Waals surface area contributed by atoms with Gasteiger partial charge < -0.3 is 5.32 Å². The molecule has 100 valence electrons. The smallest absolute Gasteiger partial charge is 0.161 e. The third-order valence-corrected chi connectivity index (χ3v) is 2.84. The fourth-order valence-corrected chi connectivity index (χ4v) is 1.82. The summed E-state index contributed by atoms with van der Waals surface area (Å²) in [4.78, 5) is 7.70. The second-order valence-electron chi connectivity index (χ2n) is 3.72. The van der Waals surface area contributed by atoms with Crippen molar-refractivity contribution in [3.05, 3.63) is 46.6 Å². The predicted molar refractivity (Wildman–Crippen MR) is 66.0 cm³/mol. The van der Waals surface area contributed by atoms with Crippen molar-refractivity contribution >= 4 is 23.1 Å². The molecule has 0 saturated carbocycles. The summed E-state index contributed by atoms with van der Waals surface area (Å²) in [5.74, 6) is -3.07. The van der Waals surface area contributed by atoms with Crippen LogP contribution in [0.4, 0.5) is 24.7 Å². The Labute approximate surface area is 112 Å². The standard InChI is InChI=1S/C12H9ClF3N3/c1-2-6-11(13)17-5-18-12(6)19-10-4-8(15)7(14)3-9(10)16/h3-5H,2H2,1H3,(H,17,18,19). The van der Waals surface area contributed by atoms with Crippen molar-refractivity contribution in [3.63, 3.8) is 0 Å². The Balaban J connectivity index is 2.42. The zero-order chi connectivity index (χ0) is 14.0. The summed E-state index contributed by atoms with van der Waals surface area (Å²) in [6, 6.07) is 1.19. The van der Waals surface area contributed by atoms with Crippen molar-refractivity contribution in [2.45, 2.75) is 13.3 Å². The maximum absolute atomic E-state index is 13.5. The van der Waals surface area contributed by atoms with E-state index in [4.69, 9.17) is 11.6 Å². The molecule has 0 aliphatic heterocycles. The molecule has 0 aliphatic rings. The van der Waals surface area contributed by atoms with Crippen molar-refractivity contribution < 1.29 is 13.2 Å². The van der Waals surface area contributed by atoms with Gasteiger partial charge in [0, 0.05) is 17.7 Å². The van der Waals surface area contributed by atoms with Crippen LogP contribution >= 0.6 is 11.6 Å². The molecule has 0 amide bonds. The molecule has 7 heteroatoms. The summed E-state index contributed by atoms with van der Waals surface area (Å²) in [5, 5.41) is 2.81. The molecule has 0 unspecified atom stereocenters. The average Bonchev–Trinajstić information content (AvgIpc) is 2.36. The number of rotatable bonds is 3. The zero-order valence-corrected chi connectivity index (χ0v) is 10.6. The van der Waals surface area contributed by atoms with Crippen LogP contribution < -0.4 is 5.32 Å². The van der Waals surface area contributed by atoms with Gasteiger partial charge in [0.05, 0.1) is 5.69 Å². The lowest BCUT2D eigenvalue weighted by atomic mass is 10.2. The van der Waals surface area contributed by atoms with Gasteiger partial charge in [-0.3, -0.25) is 0 Å². The van der Waals surface area contributed by atoms with Crippen LogP contribution in [-0.4, -0.2) is 9.97 Å². The molecule has 1 heterocycles. The number of hydrogen-bond acceptors (Lipinski definition) is 3. The van der Waals surface area contributed by atoms with Crippen LogP contribution in [-0.2, 0) is 6.42 Å². The van der Waals surface area contributed by atoms with Gasteiger partial charge in [-0.05, 0) is 6.42 Å². The minimum absolute atomic E-state index is 0.219. The molecular weight excluding hydrogens is 279 g/mol. The molecule has 2 rings (SSSR count). The third kappa shape index (κ3) is 2.78. The number of aromatic nitrogens is 2. The number of hydrogen-bond donors (Lipinski definition) is 1. The second-order valence-corrected chi connectivity index (χ2v) is 4.07. The predicted octanol–water partition coefficient (Wildman–Crippen LogP) is 3.85. The lowest BCUT2D eigenvalue weighted by Crippen LogP contribution is -2.03. The molecule has 3 nitrogen and oxygen atoms in total. The first-order chi connectivity index (χ1) is 9.02. The average molecular weight is 288 g/mol. The molecular formula is C12H9ClF3N3. The van der Waals surface area contributed by atoms with E-state index in [1.165, 1.54) is 6.33 Å². The van der Waals surface area contributed by atoms with E-state index in [1.54, 1.807) is 0 Å². The van der Waals surface area contributed by atoms with E-state index >= 15 is 0 Å². The SMILES string of the molecule is CCc1c(Cl)ncnc1Nc1cc(F)c(F)cc1F. The van der Waals surface area contributed by atoms with Crippen molar-refractivity contribution in [1.29, 1.82) is 0 Å². The van der Waals surface area contributed by atoms with Gasteiger partial charge in [-0.25, -0.2) is 23.1 Å². The molecule has 0 fully saturated rings. The normalized spacial score (nSPS) is 10.6. The monoisotopic (exact) mass is 287 g/mol. The van der Waals surface area contributed by atoms with Crippen LogP contribution in [0, 0.1) is 17.5 Å². The molecule has 19 heavy (non-hydrogen) atoms. The molecule has 0 aliphatic carbocycles. The van der Waals surface area contributed by atoms with Crippen molar-refractivity contribution in [2.24, 2.45) is 0 Å². The maximum Gasteiger partial charge on any atom is 0.161 e. The molecule has 2 aromatic rings. The number of nitrogens with one attached hydrogen (secondary N) is 1. The second kappa shape index (κ2) is 5.44. The van der Waals surface area contributed by atoms with Gasteiger partial charge in [0.2, 0.25) is 0 Å². The fourth-order valence-electron chi connectivity index (χ4n) is 1.56. The highest BCUT2D eigenvalue weighted by atomic mass is 35.5. The largest absolute Gasteiger partial charge is 0.337 e. The summed E-state index contributed by atoms with van der Waals surface area (Å²) in [5.41, 5.74) is 0.344. The number of benzene rings is 1. The van der Waals surface area contributed by atoms with E-state index in [0.29, 0.717) is 18.1 Å². The lowest BCUT2D eigenvalue weighted by Gasteiger charge is -2.11. The Kier molecular flexibility index (Phi) is 3.90. The van der Waals surface area contributed by atoms with Gasteiger partial charge in [0.25, 0.3) is 0 Å². The van der Waals surface area contributed by atoms with E-state index in [9.17, 15) is 13.2 Å². The number of anilines is 2. The Morgan fingerprint density at radius 3 is 2.47 bits per heavy atom. The lowest BCUT2D eigenvalue weighted by molar-refractivity contribution is 0.496. The summed E-state index contributed by atoms with van der Waals surface area (Å²) < 4.78 is 39.4. The van der Waals surface area contributed by atoms with E-state index in [2.05, 4.69) is 15.3 Å². The van der Waals surface area contributed by atoms with Crippen LogP contribution in [0.1, 0.15) is 12.5 Å². The highest BCUT2D eigenvalue weighted by molar-refractivity contribution is 6.30. The van der Waals surface area contributed by atoms with Crippen molar-refractivity contribution in [3.8, 4) is 0 Å². The topological polar surface area (TPSA) is 37.8 Å². The quantitative estimate of drug-likeness (QED) is 0.688. The van der Waals surface area contributed by atoms with Crippen LogP contribution in [0.3, 0.4) is 0 Å². The zero-order valence-electron chi connectivity index (χ0n) is 9.85. The molecule has 0 radical (unpaired) electrons. The maximum atomic E-state index is 13.5. The first kappa shape index (κ1) is 13.6. The first-order valence-electron chi connectivity index (χ1n) is 5.43. The molecule has 0 atom stereocenters. The molecule has 0 saturated heterocycles. The van der Waals surface area contributed by atoms with E-state index in [0.717, 1.165) is 6.07 Å². The van der Waals surface area contributed by atoms with Gasteiger partial charge in [-0.2, -0.15) is 0 Å². The van der Waals surface area contributed by atoms with Crippen LogP contribution in [0.15, 0.2) is 18.5 Å². The first-order valence-corrected chi connectivity index (χ1v) is 5.81. The van der Waals surface area contributed by atoms with Crippen LogP contribution in [0.2, 0.25) is 5.15 Å². The number of halogens is 4. The van der Waals surface area contributed by atoms with Gasteiger partial charge in [0.1, 0.15) is 23.1 Å². The summed E-state index contributed by atoms with van der Waals surface area (Å²) in [7, 11) is 0. The van der Waals surface area contributed by atoms with E-state index < -0.39 is 17.5 Å². The Hall–Kier alpha value is -1.82. The van der Waals surface area contributed by atoms with Crippen molar-refractivity contribution in [2.75, 3.05) is 5.32 Å². The van der Waals surface area contributed by atoms with Crippen molar-refractivity contribution in [1.82, 2.24) is 9.97 Å². The van der Waals surface area contributed by atoms with Gasteiger partial charge in [-0.15, -0.1) is 0 Å². The summed E-state index contributed by atoms with van der Waals surface area (Å²) in [6.07, 6.45) is 1.70. The third-order valence-electron chi connectivity index (χ3n) is 2.51. The summed E-state index contributed by atoms with van der Waals surface area (Å²) >= 11 is 5.87. The molecule has 1 N–H and O–H groups in total. The number of nitrogens with zero attached hydrogens (tertiary/aromatic N) is 2. The van der Waals surface area contributed by atoms with E-state index in [-0.39, 0.29) is 16.7 Å². The van der Waals surface area contributed by atoms with Gasteiger partial charge in [0.15, 0.2) is 11.6 Å². The van der Waals surface area contributed by atoms with Crippen LogP contribution in [0.5, 0.6) is 0 Å². The van der Waals surface area contributed by atoms with Gasteiger partial charge >= 0.3 is 0 Å². The van der Waals surface area contributed by atoms with E-state index in [1.807, 2.05) is 6.92 Å². The molecule has 1 aromatic carbocycles. The minimum atomic E-state index is -1.25. The molecule has 0 bridgehead atoms.